The summed E-state index contributed by atoms with van der Waals surface area (Å²) in [6.45, 7) is 0. The minimum absolute atomic E-state index is 0.201. The van der Waals surface area contributed by atoms with Gasteiger partial charge in [-0.05, 0) is 83.9 Å². The number of benzene rings is 4. The van der Waals surface area contributed by atoms with Crippen LogP contribution < -0.4 is 11.5 Å². The van der Waals surface area contributed by atoms with Crippen LogP contribution >= 0.6 is 0 Å². The average Bonchev–Trinajstić information content (AvgIpc) is 3.46. The molecule has 2 heterocycles. The van der Waals surface area contributed by atoms with Gasteiger partial charge in [-0.1, -0.05) is 12.1 Å². The van der Waals surface area contributed by atoms with E-state index in [1.807, 2.05) is 36.4 Å². The zero-order valence-corrected chi connectivity index (χ0v) is 19.2. The first-order valence-electron chi connectivity index (χ1n) is 10.8. The Morgan fingerprint density at radius 3 is 1.74 bits per heavy atom. The van der Waals surface area contributed by atoms with Crippen LogP contribution in [-0.4, -0.2) is 28.4 Å². The molecule has 6 N–H and O–H groups in total. The number of hydrogen-bond acceptors (Lipinski definition) is 6. The quantitative estimate of drug-likeness (QED) is 0.268. The topological polar surface area (TPSA) is 144 Å². The first kappa shape index (κ1) is 20.9. The molecule has 9 heteroatoms. The number of hydrogen-bond donors (Lipinski definition) is 4. The summed E-state index contributed by atoms with van der Waals surface area (Å²) < 4.78 is 25.8. The van der Waals surface area contributed by atoms with Crippen LogP contribution in [-0.2, 0) is 9.84 Å². The second-order valence-corrected chi connectivity index (χ2v) is 10.2. The molecule has 0 fully saturated rings. The SMILES string of the molecule is Nc1ccc(S(=O)(=O)c2ccc(-c3nc4ccc(-c5ccc6nc(N)[nH]c6c5)cc4[nH]3)cc2)cc1. The third kappa shape index (κ3) is 3.68. The van der Waals surface area contributed by atoms with Crippen molar-refractivity contribution in [3.05, 3.63) is 84.9 Å². The highest BCUT2D eigenvalue weighted by Gasteiger charge is 2.18. The Kier molecular flexibility index (Phi) is 4.61. The van der Waals surface area contributed by atoms with Crippen molar-refractivity contribution >= 4 is 43.5 Å². The molecule has 0 radical (unpaired) electrons. The molecule has 0 aliphatic carbocycles. The maximum absolute atomic E-state index is 12.9. The summed E-state index contributed by atoms with van der Waals surface area (Å²) in [5, 5.41) is 0. The fourth-order valence-corrected chi connectivity index (χ4v) is 5.37. The second-order valence-electron chi connectivity index (χ2n) is 8.27. The van der Waals surface area contributed by atoms with E-state index in [2.05, 4.69) is 19.9 Å². The zero-order chi connectivity index (χ0) is 24.2. The van der Waals surface area contributed by atoms with Gasteiger partial charge >= 0.3 is 0 Å². The number of H-pyrrole nitrogens is 2. The van der Waals surface area contributed by atoms with Gasteiger partial charge in [-0.2, -0.15) is 0 Å². The number of nitrogens with two attached hydrogens (primary N) is 2. The summed E-state index contributed by atoms with van der Waals surface area (Å²) in [7, 11) is -3.63. The number of imidazole rings is 2. The zero-order valence-electron chi connectivity index (χ0n) is 18.4. The lowest BCUT2D eigenvalue weighted by atomic mass is 10.0. The Balaban J connectivity index is 1.32. The van der Waals surface area contributed by atoms with Gasteiger partial charge in [-0.15, -0.1) is 0 Å². The lowest BCUT2D eigenvalue weighted by molar-refractivity contribution is 0.596. The van der Waals surface area contributed by atoms with Crippen LogP contribution in [0.25, 0.3) is 44.6 Å². The third-order valence-corrected chi connectivity index (χ3v) is 7.73. The van der Waals surface area contributed by atoms with Crippen molar-refractivity contribution in [2.75, 3.05) is 11.5 Å². The van der Waals surface area contributed by atoms with Crippen molar-refractivity contribution in [1.82, 2.24) is 19.9 Å². The highest BCUT2D eigenvalue weighted by molar-refractivity contribution is 7.91. The Morgan fingerprint density at radius 2 is 1.11 bits per heavy atom. The minimum atomic E-state index is -3.63. The molecule has 35 heavy (non-hydrogen) atoms. The maximum Gasteiger partial charge on any atom is 0.206 e. The number of nitrogens with zero attached hydrogens (tertiary/aromatic N) is 2. The molecule has 8 nitrogen and oxygen atoms in total. The van der Waals surface area contributed by atoms with Gasteiger partial charge in [0.15, 0.2) is 5.95 Å². The fraction of sp³-hybridized carbons (Fsp3) is 0. The molecule has 0 saturated carbocycles. The van der Waals surface area contributed by atoms with Crippen LogP contribution in [0.2, 0.25) is 0 Å². The molecule has 0 aliphatic heterocycles. The van der Waals surface area contributed by atoms with Crippen LogP contribution in [0.3, 0.4) is 0 Å². The van der Waals surface area contributed by atoms with Crippen molar-refractivity contribution in [2.24, 2.45) is 0 Å². The number of fused-ring (bicyclic) bond motifs is 2. The molecule has 6 rings (SSSR count). The van der Waals surface area contributed by atoms with E-state index in [4.69, 9.17) is 11.5 Å². The van der Waals surface area contributed by atoms with E-state index in [9.17, 15) is 8.42 Å². The van der Waals surface area contributed by atoms with Crippen molar-refractivity contribution in [3.8, 4) is 22.5 Å². The number of nitrogens with one attached hydrogen (secondary N) is 2. The van der Waals surface area contributed by atoms with Crippen molar-refractivity contribution < 1.29 is 8.42 Å². The lowest BCUT2D eigenvalue weighted by Crippen LogP contribution is -2.02. The first-order valence-corrected chi connectivity index (χ1v) is 12.3. The molecule has 0 atom stereocenters. The van der Waals surface area contributed by atoms with E-state index in [0.717, 1.165) is 38.8 Å². The normalized spacial score (nSPS) is 11.9. The number of aromatic nitrogens is 4. The van der Waals surface area contributed by atoms with E-state index < -0.39 is 9.84 Å². The second kappa shape index (κ2) is 7.71. The molecule has 6 aromatic rings. The lowest BCUT2D eigenvalue weighted by Gasteiger charge is -2.06. The fourth-order valence-electron chi connectivity index (χ4n) is 4.11. The summed E-state index contributed by atoms with van der Waals surface area (Å²) in [5.74, 6) is 1.04. The molecule has 0 saturated heterocycles. The molecule has 0 unspecified atom stereocenters. The smallest absolute Gasteiger partial charge is 0.206 e. The van der Waals surface area contributed by atoms with Crippen LogP contribution in [0.5, 0.6) is 0 Å². The van der Waals surface area contributed by atoms with Gasteiger partial charge in [-0.25, -0.2) is 18.4 Å². The Labute approximate surface area is 200 Å². The van der Waals surface area contributed by atoms with Gasteiger partial charge in [-0.3, -0.25) is 0 Å². The van der Waals surface area contributed by atoms with Gasteiger partial charge in [0.05, 0.1) is 31.9 Å². The summed E-state index contributed by atoms with van der Waals surface area (Å²) in [6, 6.07) is 24.8. The summed E-state index contributed by atoms with van der Waals surface area (Å²) >= 11 is 0. The van der Waals surface area contributed by atoms with Crippen molar-refractivity contribution in [2.45, 2.75) is 9.79 Å². The molecular weight excluding hydrogens is 460 g/mol. The number of rotatable bonds is 4. The summed E-state index contributed by atoms with van der Waals surface area (Å²) in [6.07, 6.45) is 0. The molecule has 0 amide bonds. The highest BCUT2D eigenvalue weighted by atomic mass is 32.2. The number of anilines is 2. The van der Waals surface area contributed by atoms with Crippen molar-refractivity contribution in [1.29, 1.82) is 0 Å². The average molecular weight is 481 g/mol. The summed E-state index contributed by atoms with van der Waals surface area (Å²) in [4.78, 5) is 15.7. The molecule has 0 bridgehead atoms. The van der Waals surface area contributed by atoms with Crippen LogP contribution in [0.15, 0.2) is 94.7 Å². The third-order valence-electron chi connectivity index (χ3n) is 5.94. The van der Waals surface area contributed by atoms with Gasteiger partial charge in [0.25, 0.3) is 0 Å². The molecular formula is C26H20N6O2S. The predicted molar refractivity (Wildman–Crippen MR) is 137 cm³/mol. The summed E-state index contributed by atoms with van der Waals surface area (Å²) in [5.41, 5.74) is 18.2. The van der Waals surface area contributed by atoms with E-state index in [0.29, 0.717) is 17.5 Å². The number of sulfone groups is 1. The maximum atomic E-state index is 12.9. The Hall–Kier alpha value is -4.63. The molecule has 172 valence electrons. The number of nitrogen functional groups attached to an aromatic ring is 2. The Morgan fingerprint density at radius 1 is 0.600 bits per heavy atom. The standard InChI is InChI=1S/C26H20N6O2S/c27-18-5-9-20(10-6-18)35(33,34)19-7-1-15(2-8-19)25-29-21-11-3-16(13-23(21)30-25)17-4-12-22-24(14-17)32-26(28)31-22/h1-14H,27H2,(H,29,30)(H3,28,31,32). The van der Waals surface area contributed by atoms with E-state index in [1.54, 1.807) is 36.4 Å². The van der Waals surface area contributed by atoms with E-state index >= 15 is 0 Å². The van der Waals surface area contributed by atoms with E-state index in [1.165, 1.54) is 12.1 Å². The van der Waals surface area contributed by atoms with Crippen LogP contribution in [0.4, 0.5) is 11.6 Å². The van der Waals surface area contributed by atoms with Gasteiger partial charge in [0.1, 0.15) is 5.82 Å². The van der Waals surface area contributed by atoms with Crippen LogP contribution in [0, 0.1) is 0 Å². The van der Waals surface area contributed by atoms with Crippen molar-refractivity contribution in [3.63, 3.8) is 0 Å². The molecule has 4 aromatic carbocycles. The largest absolute Gasteiger partial charge is 0.399 e. The van der Waals surface area contributed by atoms with Crippen LogP contribution in [0.1, 0.15) is 0 Å². The number of aromatic amines is 2. The van der Waals surface area contributed by atoms with Gasteiger partial charge in [0.2, 0.25) is 9.84 Å². The van der Waals surface area contributed by atoms with E-state index in [-0.39, 0.29) is 9.79 Å². The van der Waals surface area contributed by atoms with Gasteiger partial charge in [0, 0.05) is 11.3 Å². The molecule has 0 spiro atoms. The first-order chi connectivity index (χ1) is 16.9. The monoisotopic (exact) mass is 480 g/mol. The predicted octanol–water partition coefficient (Wildman–Crippen LogP) is 4.77. The minimum Gasteiger partial charge on any atom is -0.399 e. The molecule has 0 aliphatic rings. The molecule has 2 aromatic heterocycles. The highest BCUT2D eigenvalue weighted by Crippen LogP contribution is 2.29. The van der Waals surface area contributed by atoms with Gasteiger partial charge < -0.3 is 21.4 Å². The Bertz CT molecular complexity index is 1820.